The highest BCUT2D eigenvalue weighted by Gasteiger charge is 2.08. The molecule has 0 saturated carbocycles. The lowest BCUT2D eigenvalue weighted by atomic mass is 10.2. The van der Waals surface area contributed by atoms with Crippen molar-refractivity contribution in [3.05, 3.63) is 50.7 Å². The van der Waals surface area contributed by atoms with E-state index in [0.717, 1.165) is 16.5 Å². The molecule has 100 valence electrons. The predicted octanol–water partition coefficient (Wildman–Crippen LogP) is 4.44. The average molecular weight is 362 g/mol. The number of benzene rings is 1. The molecule has 1 aromatic heterocycles. The topological polar surface area (TPSA) is 48.1 Å². The van der Waals surface area contributed by atoms with Crippen LogP contribution in [-0.2, 0) is 6.42 Å². The summed E-state index contributed by atoms with van der Waals surface area (Å²) < 4.78 is 6.42. The second-order valence-corrected chi connectivity index (χ2v) is 5.54. The van der Waals surface area contributed by atoms with Gasteiger partial charge in [-0.15, -0.1) is 0 Å². The van der Waals surface area contributed by atoms with E-state index >= 15 is 0 Å². The molecule has 0 aliphatic rings. The van der Waals surface area contributed by atoms with Crippen LogP contribution in [0.5, 0.6) is 11.5 Å². The number of ether oxygens (including phenoxy) is 1. The molecule has 19 heavy (non-hydrogen) atoms. The first-order valence-electron chi connectivity index (χ1n) is 5.56. The monoisotopic (exact) mass is 360 g/mol. The number of pyridine rings is 1. The number of aromatic nitrogens is 1. The zero-order valence-corrected chi connectivity index (χ0v) is 13.0. The van der Waals surface area contributed by atoms with Crippen LogP contribution in [0.1, 0.15) is 5.56 Å². The van der Waals surface area contributed by atoms with Crippen LogP contribution in [0.15, 0.2) is 35.1 Å². The maximum Gasteiger partial charge on any atom is 0.147 e. The molecule has 1 aromatic carbocycles. The molecule has 0 fully saturated rings. The second-order valence-electron chi connectivity index (χ2n) is 3.87. The lowest BCUT2D eigenvalue weighted by Crippen LogP contribution is -2.03. The number of hydrogen-bond acceptors (Lipinski definition) is 3. The van der Waals surface area contributed by atoms with Crippen molar-refractivity contribution in [1.29, 1.82) is 0 Å². The fourth-order valence-corrected chi connectivity index (χ4v) is 2.36. The fraction of sp³-hybridized carbons (Fsp3) is 0.154. The normalized spacial score (nSPS) is 10.5. The summed E-state index contributed by atoms with van der Waals surface area (Å²) in [4.78, 5) is 4.10. The van der Waals surface area contributed by atoms with Crippen LogP contribution in [0.3, 0.4) is 0 Å². The molecule has 0 saturated heterocycles. The molecule has 0 aliphatic heterocycles. The maximum absolute atomic E-state index is 6.10. The third-order valence-corrected chi connectivity index (χ3v) is 3.90. The SMILES string of the molecule is NCCc1cncc(Oc2cc(Cl)c(Br)cc2Cl)c1. The van der Waals surface area contributed by atoms with Gasteiger partial charge in [-0.05, 0) is 46.6 Å². The van der Waals surface area contributed by atoms with Crippen LogP contribution in [0.25, 0.3) is 0 Å². The van der Waals surface area contributed by atoms with Gasteiger partial charge in [0.15, 0.2) is 0 Å². The van der Waals surface area contributed by atoms with Crippen LogP contribution in [-0.4, -0.2) is 11.5 Å². The lowest BCUT2D eigenvalue weighted by molar-refractivity contribution is 0.479. The lowest BCUT2D eigenvalue weighted by Gasteiger charge is -2.09. The smallest absolute Gasteiger partial charge is 0.147 e. The molecule has 0 bridgehead atoms. The maximum atomic E-state index is 6.10. The molecule has 2 aromatic rings. The summed E-state index contributed by atoms with van der Waals surface area (Å²) in [5.41, 5.74) is 6.52. The predicted molar refractivity (Wildman–Crippen MR) is 81.2 cm³/mol. The summed E-state index contributed by atoms with van der Waals surface area (Å²) in [5, 5.41) is 1.01. The summed E-state index contributed by atoms with van der Waals surface area (Å²) in [5.74, 6) is 1.09. The molecule has 0 amide bonds. The Labute approximate surface area is 129 Å². The number of nitrogens with two attached hydrogens (primary N) is 1. The molecule has 0 aliphatic carbocycles. The van der Waals surface area contributed by atoms with E-state index in [9.17, 15) is 0 Å². The second kappa shape index (κ2) is 6.57. The van der Waals surface area contributed by atoms with Crippen molar-refractivity contribution in [2.45, 2.75) is 6.42 Å². The Morgan fingerprint density at radius 2 is 1.95 bits per heavy atom. The van der Waals surface area contributed by atoms with Gasteiger partial charge in [0.25, 0.3) is 0 Å². The van der Waals surface area contributed by atoms with E-state index in [2.05, 4.69) is 20.9 Å². The van der Waals surface area contributed by atoms with E-state index in [1.807, 2.05) is 6.07 Å². The summed E-state index contributed by atoms with van der Waals surface area (Å²) in [7, 11) is 0. The summed E-state index contributed by atoms with van der Waals surface area (Å²) in [6.07, 6.45) is 4.13. The third kappa shape index (κ3) is 3.83. The first kappa shape index (κ1) is 14.6. The number of hydrogen-bond donors (Lipinski definition) is 1. The zero-order valence-electron chi connectivity index (χ0n) is 9.87. The van der Waals surface area contributed by atoms with E-state index in [1.165, 1.54) is 0 Å². The minimum absolute atomic E-state index is 0.473. The molecule has 2 N–H and O–H groups in total. The average Bonchev–Trinajstić information content (AvgIpc) is 2.37. The highest BCUT2D eigenvalue weighted by atomic mass is 79.9. The van der Waals surface area contributed by atoms with Crippen LogP contribution >= 0.6 is 39.1 Å². The van der Waals surface area contributed by atoms with Crippen molar-refractivity contribution < 1.29 is 4.74 Å². The van der Waals surface area contributed by atoms with Crippen LogP contribution in [0, 0.1) is 0 Å². The molecule has 0 radical (unpaired) electrons. The Balaban J connectivity index is 2.25. The molecular weight excluding hydrogens is 351 g/mol. The Morgan fingerprint density at radius 3 is 2.68 bits per heavy atom. The van der Waals surface area contributed by atoms with E-state index in [-0.39, 0.29) is 0 Å². The van der Waals surface area contributed by atoms with E-state index in [4.69, 9.17) is 33.7 Å². The number of rotatable bonds is 4. The van der Waals surface area contributed by atoms with E-state index < -0.39 is 0 Å². The van der Waals surface area contributed by atoms with Gasteiger partial charge in [0, 0.05) is 16.7 Å². The highest BCUT2D eigenvalue weighted by molar-refractivity contribution is 9.10. The van der Waals surface area contributed by atoms with E-state index in [0.29, 0.717) is 28.1 Å². The van der Waals surface area contributed by atoms with Crippen LogP contribution < -0.4 is 10.5 Å². The van der Waals surface area contributed by atoms with Crippen molar-refractivity contribution in [3.8, 4) is 11.5 Å². The van der Waals surface area contributed by atoms with Crippen LogP contribution in [0.4, 0.5) is 0 Å². The summed E-state index contributed by atoms with van der Waals surface area (Å²) in [6.45, 7) is 0.565. The Hall–Kier alpha value is -0.810. The van der Waals surface area contributed by atoms with Crippen LogP contribution in [0.2, 0.25) is 10.0 Å². The van der Waals surface area contributed by atoms with Gasteiger partial charge < -0.3 is 10.5 Å². The molecule has 6 heteroatoms. The highest BCUT2D eigenvalue weighted by Crippen LogP contribution is 2.36. The van der Waals surface area contributed by atoms with Gasteiger partial charge in [0.1, 0.15) is 11.5 Å². The van der Waals surface area contributed by atoms with Gasteiger partial charge in [0.2, 0.25) is 0 Å². The van der Waals surface area contributed by atoms with Gasteiger partial charge in [-0.3, -0.25) is 4.98 Å². The van der Waals surface area contributed by atoms with E-state index in [1.54, 1.807) is 24.5 Å². The quantitative estimate of drug-likeness (QED) is 0.818. The molecular formula is C13H11BrCl2N2O. The zero-order chi connectivity index (χ0) is 13.8. The minimum atomic E-state index is 0.473. The van der Waals surface area contributed by atoms with Crippen molar-refractivity contribution in [3.63, 3.8) is 0 Å². The molecule has 2 rings (SSSR count). The van der Waals surface area contributed by atoms with Crippen molar-refractivity contribution in [2.75, 3.05) is 6.54 Å². The number of halogens is 3. The van der Waals surface area contributed by atoms with Gasteiger partial charge >= 0.3 is 0 Å². The third-order valence-electron chi connectivity index (χ3n) is 2.41. The Morgan fingerprint density at radius 1 is 1.16 bits per heavy atom. The summed E-state index contributed by atoms with van der Waals surface area (Å²) >= 11 is 15.4. The van der Waals surface area contributed by atoms with Crippen molar-refractivity contribution in [1.82, 2.24) is 4.98 Å². The first-order chi connectivity index (χ1) is 9.10. The van der Waals surface area contributed by atoms with Gasteiger partial charge in [-0.25, -0.2) is 0 Å². The molecule has 0 atom stereocenters. The fourth-order valence-electron chi connectivity index (χ4n) is 1.53. The Bertz CT molecular complexity index is 593. The Kier molecular flexibility index (Phi) is 5.05. The van der Waals surface area contributed by atoms with Crippen molar-refractivity contribution >= 4 is 39.1 Å². The number of nitrogens with zero attached hydrogens (tertiary/aromatic N) is 1. The molecule has 0 unspecified atom stereocenters. The standard InChI is InChI=1S/C13H11BrCl2N2O/c14-10-4-12(16)13(5-11(10)15)19-9-3-8(1-2-17)6-18-7-9/h3-7H,1-2,17H2. The van der Waals surface area contributed by atoms with Crippen molar-refractivity contribution in [2.24, 2.45) is 5.73 Å². The molecule has 1 heterocycles. The van der Waals surface area contributed by atoms with Gasteiger partial charge in [-0.1, -0.05) is 23.2 Å². The summed E-state index contributed by atoms with van der Waals surface area (Å²) in [6, 6.07) is 5.23. The molecule has 0 spiro atoms. The first-order valence-corrected chi connectivity index (χ1v) is 7.11. The molecule has 3 nitrogen and oxygen atoms in total. The van der Waals surface area contributed by atoms with Gasteiger partial charge in [0.05, 0.1) is 16.2 Å². The van der Waals surface area contributed by atoms with Gasteiger partial charge in [-0.2, -0.15) is 0 Å². The minimum Gasteiger partial charge on any atom is -0.454 e. The largest absolute Gasteiger partial charge is 0.454 e.